The summed E-state index contributed by atoms with van der Waals surface area (Å²) in [7, 11) is 0. The van der Waals surface area contributed by atoms with Gasteiger partial charge in [0.15, 0.2) is 0 Å². The minimum atomic E-state index is -2.47. The van der Waals surface area contributed by atoms with E-state index in [1.165, 1.54) is 0 Å². The average molecular weight is 180 g/mol. The third-order valence-corrected chi connectivity index (χ3v) is 0.716. The Morgan fingerprint density at radius 3 is 1.00 bits per heavy atom. The second kappa shape index (κ2) is 4.97. The van der Waals surface area contributed by atoms with Crippen LogP contribution in [0.4, 0.5) is 0 Å². The maximum Gasteiger partial charge on any atom is 0.281 e. The predicted molar refractivity (Wildman–Crippen MR) is 39.3 cm³/mol. The summed E-state index contributed by atoms with van der Waals surface area (Å²) in [5.41, 5.74) is 32.0. The fourth-order valence-electron chi connectivity index (χ4n) is 0.360. The molecule has 0 saturated heterocycles. The van der Waals surface area contributed by atoms with Crippen molar-refractivity contribution in [1.29, 1.82) is 0 Å². The third-order valence-electron chi connectivity index (χ3n) is 0.716. The topological polar surface area (TPSA) is 195 Å². The average Bonchev–Trinajstić information content (AvgIpc) is 2.06. The molecule has 0 N–H and O–H groups in total. The summed E-state index contributed by atoms with van der Waals surface area (Å²) in [4.78, 5) is 8.78. The molecule has 0 heterocycles. The number of hydrogen-bond donors (Lipinski definition) is 0. The smallest absolute Gasteiger partial charge is 0.0688 e. The van der Waals surface area contributed by atoms with Crippen molar-refractivity contribution in [3.8, 4) is 0 Å². The van der Waals surface area contributed by atoms with Gasteiger partial charge in [-0.1, -0.05) is 20.5 Å². The molecule has 0 aliphatic rings. The molecule has 0 fully saturated rings. The summed E-state index contributed by atoms with van der Waals surface area (Å²) >= 11 is 0. The van der Waals surface area contributed by atoms with E-state index in [2.05, 4.69) is 40.1 Å². The Morgan fingerprint density at radius 2 is 0.846 bits per heavy atom. The van der Waals surface area contributed by atoms with Gasteiger partial charge in [-0.15, -0.1) is 0 Å². The van der Waals surface area contributed by atoms with E-state index in [-0.39, 0.29) is 0 Å². The zero-order valence-electron chi connectivity index (χ0n) is 5.87. The monoisotopic (exact) mass is 180 g/mol. The lowest BCUT2D eigenvalue weighted by Gasteiger charge is -2.05. The van der Waals surface area contributed by atoms with Crippen LogP contribution in [-0.2, 0) is 0 Å². The highest BCUT2D eigenvalue weighted by molar-refractivity contribution is 4.81. The number of rotatable bonds is 4. The van der Waals surface area contributed by atoms with E-state index < -0.39 is 5.91 Å². The quantitative estimate of drug-likeness (QED) is 0.348. The van der Waals surface area contributed by atoms with Gasteiger partial charge < -0.3 is 0 Å². The molecule has 0 spiro atoms. The zero-order valence-corrected chi connectivity index (χ0v) is 5.87. The highest BCUT2D eigenvalue weighted by Crippen LogP contribution is 2.18. The first-order valence-electron chi connectivity index (χ1n) is 2.49. The summed E-state index contributed by atoms with van der Waals surface area (Å²) in [6, 6.07) is 0. The van der Waals surface area contributed by atoms with Gasteiger partial charge in [-0.25, -0.2) is 0 Å². The summed E-state index contributed by atoms with van der Waals surface area (Å²) in [6.07, 6.45) is 0. The molecule has 12 nitrogen and oxygen atoms in total. The van der Waals surface area contributed by atoms with Gasteiger partial charge in [-0.2, -0.15) is 0 Å². The van der Waals surface area contributed by atoms with Crippen molar-refractivity contribution in [2.24, 2.45) is 20.5 Å². The van der Waals surface area contributed by atoms with E-state index in [4.69, 9.17) is 22.1 Å². The van der Waals surface area contributed by atoms with Gasteiger partial charge in [0.25, 0.3) is 5.91 Å². The molecule has 0 aromatic heterocycles. The van der Waals surface area contributed by atoms with Crippen LogP contribution in [0.5, 0.6) is 0 Å². The van der Waals surface area contributed by atoms with Gasteiger partial charge in [0.2, 0.25) is 0 Å². The first-order valence-corrected chi connectivity index (χ1v) is 2.49. The van der Waals surface area contributed by atoms with Gasteiger partial charge in [0.05, 0.1) is 0 Å². The van der Waals surface area contributed by atoms with Crippen LogP contribution in [-0.4, -0.2) is 5.91 Å². The summed E-state index contributed by atoms with van der Waals surface area (Å²) in [5, 5.41) is 11.0. The lowest BCUT2D eigenvalue weighted by Crippen LogP contribution is -2.12. The molecule has 0 radical (unpaired) electrons. The van der Waals surface area contributed by atoms with Crippen molar-refractivity contribution in [1.82, 2.24) is 0 Å². The lowest BCUT2D eigenvalue weighted by atomic mass is 10.7. The fourth-order valence-corrected chi connectivity index (χ4v) is 0.360. The summed E-state index contributed by atoms with van der Waals surface area (Å²) in [5.74, 6) is -2.47. The zero-order chi connectivity index (χ0) is 10.2. The largest absolute Gasteiger partial charge is 0.281 e. The van der Waals surface area contributed by atoms with Crippen molar-refractivity contribution in [3.63, 3.8) is 0 Å². The Bertz CT molecular complexity index is 284. The standard InChI is InChI=1S/CN12/c2-10-6-1(7-11-3,8-12-4)9-13-5. The van der Waals surface area contributed by atoms with Crippen LogP contribution in [0.25, 0.3) is 41.8 Å². The van der Waals surface area contributed by atoms with Crippen molar-refractivity contribution in [2.45, 2.75) is 5.91 Å². The first kappa shape index (κ1) is 10.2. The van der Waals surface area contributed by atoms with Gasteiger partial charge in [-0.3, -0.25) is 0 Å². The SMILES string of the molecule is [N-]=[N+]=NC(N=[N+]=[N-])(N=[N+]=[N-])N=[N+]=[N-]. The Balaban J connectivity index is 5.52. The molecule has 0 unspecified atom stereocenters. The van der Waals surface area contributed by atoms with Crippen LogP contribution in [0.3, 0.4) is 0 Å². The highest BCUT2D eigenvalue weighted by atomic mass is 15.6. The van der Waals surface area contributed by atoms with Crippen molar-refractivity contribution in [2.75, 3.05) is 0 Å². The van der Waals surface area contributed by atoms with Crippen LogP contribution >= 0.6 is 0 Å². The molecular weight excluding hydrogens is 180 g/mol. The molecule has 0 bridgehead atoms. The molecule has 0 aromatic rings. The molecule has 0 aliphatic heterocycles. The second-order valence-electron chi connectivity index (χ2n) is 1.36. The molecule has 64 valence electrons. The van der Waals surface area contributed by atoms with E-state index >= 15 is 0 Å². The number of nitrogens with zero attached hydrogens (tertiary/aromatic N) is 12. The van der Waals surface area contributed by atoms with Crippen LogP contribution < -0.4 is 0 Å². The number of hydrogen-bond acceptors (Lipinski definition) is 4. The van der Waals surface area contributed by atoms with E-state index in [1.54, 1.807) is 0 Å². The Kier molecular flexibility index (Phi) is 3.91. The number of azide groups is 1. The second-order valence-corrected chi connectivity index (χ2v) is 1.36. The van der Waals surface area contributed by atoms with Gasteiger partial charge in [-0.05, 0) is 22.1 Å². The van der Waals surface area contributed by atoms with Crippen molar-refractivity contribution < 1.29 is 0 Å². The van der Waals surface area contributed by atoms with E-state index in [0.29, 0.717) is 0 Å². The summed E-state index contributed by atoms with van der Waals surface area (Å²) < 4.78 is 0. The van der Waals surface area contributed by atoms with Crippen LogP contribution in [0, 0.1) is 0 Å². The molecule has 0 saturated carbocycles. The lowest BCUT2D eigenvalue weighted by molar-refractivity contribution is 0.474. The van der Waals surface area contributed by atoms with Crippen molar-refractivity contribution >= 4 is 0 Å². The van der Waals surface area contributed by atoms with E-state index in [9.17, 15) is 0 Å². The van der Waals surface area contributed by atoms with E-state index in [0.717, 1.165) is 0 Å². The molecular formula is CN12. The molecule has 0 rings (SSSR count). The molecule has 13 heavy (non-hydrogen) atoms. The van der Waals surface area contributed by atoms with Crippen LogP contribution in [0.1, 0.15) is 0 Å². The minimum absolute atomic E-state index is 2.19. The van der Waals surface area contributed by atoms with Gasteiger partial charge in [0, 0.05) is 19.6 Å². The van der Waals surface area contributed by atoms with Crippen molar-refractivity contribution in [3.05, 3.63) is 41.8 Å². The Labute approximate surface area is 69.3 Å². The molecule has 0 aromatic carbocycles. The predicted octanol–water partition coefficient (Wildman–Crippen LogP) is 2.84. The highest BCUT2D eigenvalue weighted by Gasteiger charge is 2.24. The molecule has 0 amide bonds. The Hall–Kier alpha value is -2.76. The molecule has 0 aliphatic carbocycles. The van der Waals surface area contributed by atoms with Crippen LogP contribution in [0.2, 0.25) is 0 Å². The Morgan fingerprint density at radius 1 is 0.615 bits per heavy atom. The fraction of sp³-hybridized carbons (Fsp3) is 1.00. The minimum Gasteiger partial charge on any atom is -0.0688 e. The third kappa shape index (κ3) is 2.76. The summed E-state index contributed by atoms with van der Waals surface area (Å²) in [6.45, 7) is 0. The van der Waals surface area contributed by atoms with Gasteiger partial charge >= 0.3 is 0 Å². The van der Waals surface area contributed by atoms with E-state index in [1.807, 2.05) is 0 Å². The normalized spacial score (nSPS) is 11.7. The van der Waals surface area contributed by atoms with Crippen LogP contribution in [0.15, 0.2) is 20.5 Å². The first-order chi connectivity index (χ1) is 6.24. The molecule has 0 atom stereocenters. The molecule has 12 heteroatoms. The maximum atomic E-state index is 7.99. The van der Waals surface area contributed by atoms with Gasteiger partial charge in [0.1, 0.15) is 0 Å². The maximum absolute atomic E-state index is 7.99.